The Morgan fingerprint density at radius 3 is 2.35 bits per heavy atom. The summed E-state index contributed by atoms with van der Waals surface area (Å²) >= 11 is 0. The molecule has 178 valence electrons. The van der Waals surface area contributed by atoms with Gasteiger partial charge < -0.3 is 15.1 Å². The number of halogens is 3. The highest BCUT2D eigenvalue weighted by Gasteiger charge is 2.30. The third-order valence-corrected chi connectivity index (χ3v) is 6.16. The van der Waals surface area contributed by atoms with Crippen LogP contribution in [0.1, 0.15) is 46.9 Å². The van der Waals surface area contributed by atoms with Gasteiger partial charge in [-0.25, -0.2) is 4.98 Å². The van der Waals surface area contributed by atoms with Crippen LogP contribution in [0.2, 0.25) is 0 Å². The van der Waals surface area contributed by atoms with Crippen molar-refractivity contribution >= 4 is 23.0 Å². The number of carbonyl (C=O) groups is 1. The number of anilines is 3. The molecule has 3 aromatic rings. The van der Waals surface area contributed by atoms with Crippen LogP contribution in [0.4, 0.5) is 30.4 Å². The molecule has 1 atom stereocenters. The molecule has 8 heteroatoms. The number of likely N-dealkylation sites (N-methyl/N-ethyl adjacent to an activating group) is 1. The molecule has 0 fully saturated rings. The summed E-state index contributed by atoms with van der Waals surface area (Å²) in [6, 6.07) is 14.7. The topological polar surface area (TPSA) is 48.5 Å². The Morgan fingerprint density at radius 1 is 1.06 bits per heavy atom. The standard InChI is InChI=1S/C26H27F3N4O/c1-17(20-6-8-21(9-7-20)18(2)34)31-25-24-23(12-13-30-25)32(3)14-15-33(24)16-19-4-10-22(11-5-19)26(27,28)29/h4-13,17H,14-16H2,1-3H3,(H,30,31). The van der Waals surface area contributed by atoms with Gasteiger partial charge in [-0.1, -0.05) is 36.4 Å². The Kier molecular flexibility index (Phi) is 6.50. The molecule has 4 rings (SSSR count). The van der Waals surface area contributed by atoms with E-state index in [0.29, 0.717) is 24.5 Å². The van der Waals surface area contributed by atoms with E-state index in [2.05, 4.69) is 20.1 Å². The Bertz CT molecular complexity index is 1160. The maximum Gasteiger partial charge on any atom is 0.416 e. The van der Waals surface area contributed by atoms with Gasteiger partial charge in [0.2, 0.25) is 0 Å². The van der Waals surface area contributed by atoms with Gasteiger partial charge >= 0.3 is 6.18 Å². The fourth-order valence-corrected chi connectivity index (χ4v) is 4.14. The van der Waals surface area contributed by atoms with Crippen molar-refractivity contribution in [1.29, 1.82) is 0 Å². The Morgan fingerprint density at radius 2 is 1.74 bits per heavy atom. The average molecular weight is 469 g/mol. The zero-order chi connectivity index (χ0) is 24.5. The second-order valence-electron chi connectivity index (χ2n) is 8.61. The lowest BCUT2D eigenvalue weighted by Crippen LogP contribution is -2.39. The molecule has 1 unspecified atom stereocenters. The molecule has 1 aliphatic heterocycles. The highest BCUT2D eigenvalue weighted by molar-refractivity contribution is 5.94. The van der Waals surface area contributed by atoms with E-state index >= 15 is 0 Å². The van der Waals surface area contributed by atoms with E-state index in [1.54, 1.807) is 13.1 Å². The van der Waals surface area contributed by atoms with Gasteiger partial charge in [-0.2, -0.15) is 13.2 Å². The number of nitrogens with zero attached hydrogens (tertiary/aromatic N) is 3. The van der Waals surface area contributed by atoms with Crippen LogP contribution in [0.25, 0.3) is 0 Å². The molecule has 0 radical (unpaired) electrons. The first-order chi connectivity index (χ1) is 16.1. The monoisotopic (exact) mass is 468 g/mol. The van der Waals surface area contributed by atoms with E-state index in [-0.39, 0.29) is 11.8 Å². The lowest BCUT2D eigenvalue weighted by molar-refractivity contribution is -0.137. The minimum absolute atomic E-state index is 0.0212. The van der Waals surface area contributed by atoms with Crippen LogP contribution in [-0.4, -0.2) is 30.9 Å². The summed E-state index contributed by atoms with van der Waals surface area (Å²) in [5, 5.41) is 3.49. The van der Waals surface area contributed by atoms with Gasteiger partial charge in [-0.3, -0.25) is 4.79 Å². The molecule has 2 heterocycles. The van der Waals surface area contributed by atoms with Gasteiger partial charge in [0.1, 0.15) is 5.69 Å². The molecule has 1 N–H and O–H groups in total. The SMILES string of the molecule is CC(=O)c1ccc(C(C)Nc2nccc3c2N(Cc2ccc(C(F)(F)F)cc2)CCN3C)cc1. The number of nitrogens with one attached hydrogen (secondary N) is 1. The molecule has 5 nitrogen and oxygen atoms in total. The third-order valence-electron chi connectivity index (χ3n) is 6.16. The van der Waals surface area contributed by atoms with Crippen LogP contribution in [0, 0.1) is 0 Å². The quantitative estimate of drug-likeness (QED) is 0.454. The summed E-state index contributed by atoms with van der Waals surface area (Å²) in [6.45, 7) is 5.54. The minimum atomic E-state index is -4.35. The van der Waals surface area contributed by atoms with Crippen LogP contribution >= 0.6 is 0 Å². The molecule has 2 aromatic carbocycles. The number of pyridine rings is 1. The molecule has 0 bridgehead atoms. The predicted octanol–water partition coefficient (Wildman–Crippen LogP) is 5.93. The van der Waals surface area contributed by atoms with Crippen LogP contribution in [0.3, 0.4) is 0 Å². The summed E-state index contributed by atoms with van der Waals surface area (Å²) in [4.78, 5) is 20.5. The number of benzene rings is 2. The summed E-state index contributed by atoms with van der Waals surface area (Å²) < 4.78 is 38.8. The van der Waals surface area contributed by atoms with Crippen molar-refractivity contribution < 1.29 is 18.0 Å². The zero-order valence-corrected chi connectivity index (χ0v) is 19.4. The van der Waals surface area contributed by atoms with Gasteiger partial charge in [0.25, 0.3) is 0 Å². The van der Waals surface area contributed by atoms with Crippen LogP contribution in [0.15, 0.2) is 60.8 Å². The first-order valence-electron chi connectivity index (χ1n) is 11.1. The Labute approximate surface area is 197 Å². The predicted molar refractivity (Wildman–Crippen MR) is 128 cm³/mol. The van der Waals surface area contributed by atoms with Crippen LogP contribution < -0.4 is 15.1 Å². The molecule has 34 heavy (non-hydrogen) atoms. The number of carbonyl (C=O) groups excluding carboxylic acids is 1. The highest BCUT2D eigenvalue weighted by Crippen LogP contribution is 2.39. The maximum absolute atomic E-state index is 12.9. The lowest BCUT2D eigenvalue weighted by Gasteiger charge is -2.38. The molecule has 1 aliphatic rings. The van der Waals surface area contributed by atoms with Crippen molar-refractivity contribution in [1.82, 2.24) is 4.98 Å². The highest BCUT2D eigenvalue weighted by atomic mass is 19.4. The van der Waals surface area contributed by atoms with E-state index in [0.717, 1.165) is 41.2 Å². The average Bonchev–Trinajstić information content (AvgIpc) is 2.81. The van der Waals surface area contributed by atoms with E-state index < -0.39 is 11.7 Å². The van der Waals surface area contributed by atoms with Crippen LogP contribution in [0.5, 0.6) is 0 Å². The molecular weight excluding hydrogens is 441 g/mol. The van der Waals surface area contributed by atoms with E-state index in [9.17, 15) is 18.0 Å². The fourth-order valence-electron chi connectivity index (χ4n) is 4.14. The van der Waals surface area contributed by atoms with Crippen molar-refractivity contribution in [2.75, 3.05) is 35.3 Å². The summed E-state index contributed by atoms with van der Waals surface area (Å²) in [5.41, 5.74) is 3.76. The van der Waals surface area contributed by atoms with Gasteiger partial charge in [-0.15, -0.1) is 0 Å². The number of aromatic nitrogens is 1. The minimum Gasteiger partial charge on any atom is -0.371 e. The second-order valence-corrected chi connectivity index (χ2v) is 8.61. The number of hydrogen-bond acceptors (Lipinski definition) is 5. The maximum atomic E-state index is 12.9. The second kappa shape index (κ2) is 9.37. The van der Waals surface area contributed by atoms with E-state index in [1.807, 2.05) is 44.3 Å². The van der Waals surface area contributed by atoms with Crippen molar-refractivity contribution in [3.63, 3.8) is 0 Å². The van der Waals surface area contributed by atoms with Crippen molar-refractivity contribution in [3.8, 4) is 0 Å². The first-order valence-corrected chi connectivity index (χ1v) is 11.1. The molecule has 1 aromatic heterocycles. The summed E-state index contributed by atoms with van der Waals surface area (Å²) in [5.74, 6) is 0.729. The molecule has 0 saturated carbocycles. The van der Waals surface area contributed by atoms with Gasteiger partial charge in [0.15, 0.2) is 11.6 Å². The van der Waals surface area contributed by atoms with Crippen LogP contribution in [-0.2, 0) is 12.7 Å². The number of Topliss-reactive ketones (excluding diaryl/α,β-unsaturated/α-hetero) is 1. The van der Waals surface area contributed by atoms with E-state index in [1.165, 1.54) is 12.1 Å². The number of hydrogen-bond donors (Lipinski definition) is 1. The molecular formula is C26H27F3N4O. The lowest BCUT2D eigenvalue weighted by atomic mass is 10.0. The number of alkyl halides is 3. The third kappa shape index (κ3) is 5.00. The number of fused-ring (bicyclic) bond motifs is 1. The van der Waals surface area contributed by atoms with E-state index in [4.69, 9.17) is 0 Å². The van der Waals surface area contributed by atoms with Crippen molar-refractivity contribution in [2.45, 2.75) is 32.6 Å². The number of rotatable bonds is 6. The zero-order valence-electron chi connectivity index (χ0n) is 19.4. The molecule has 0 spiro atoms. The van der Waals surface area contributed by atoms with Gasteiger partial charge in [0.05, 0.1) is 17.3 Å². The normalized spacial score (nSPS) is 14.5. The smallest absolute Gasteiger partial charge is 0.371 e. The fraction of sp³-hybridized carbons (Fsp3) is 0.308. The molecule has 0 saturated heterocycles. The summed E-state index contributed by atoms with van der Waals surface area (Å²) in [6.07, 6.45) is -2.59. The Hall–Kier alpha value is -3.55. The number of ketones is 1. The largest absolute Gasteiger partial charge is 0.416 e. The molecule has 0 amide bonds. The Balaban J connectivity index is 1.60. The first kappa shape index (κ1) is 23.6. The van der Waals surface area contributed by atoms with Gasteiger partial charge in [-0.05, 0) is 43.2 Å². The van der Waals surface area contributed by atoms with Crippen molar-refractivity contribution in [3.05, 3.63) is 83.0 Å². The summed E-state index contributed by atoms with van der Waals surface area (Å²) in [7, 11) is 2.02. The van der Waals surface area contributed by atoms with Crippen molar-refractivity contribution in [2.24, 2.45) is 0 Å². The molecule has 0 aliphatic carbocycles. The van der Waals surface area contributed by atoms with Gasteiger partial charge in [0, 0.05) is 38.4 Å².